The molecular weight excluding hydrogens is 200 g/mol. The van der Waals surface area contributed by atoms with E-state index in [2.05, 4.69) is 10.4 Å². The molecule has 2 nitrogen and oxygen atoms in total. The normalized spacial score (nSPS) is 19.2. The minimum Gasteiger partial charge on any atom is -0.272 e. The zero-order valence-electron chi connectivity index (χ0n) is 7.53. The van der Waals surface area contributed by atoms with Crippen molar-refractivity contribution in [3.8, 4) is 0 Å². The fourth-order valence-electron chi connectivity index (χ4n) is 1.91. The van der Waals surface area contributed by atoms with E-state index < -0.39 is 0 Å². The van der Waals surface area contributed by atoms with Crippen LogP contribution in [0.5, 0.6) is 0 Å². The maximum Gasteiger partial charge on any atom is 0.164 e. The molecule has 1 aromatic heterocycles. The summed E-state index contributed by atoms with van der Waals surface area (Å²) in [5.41, 5.74) is 1.28. The Morgan fingerprint density at radius 2 is 2.15 bits per heavy atom. The van der Waals surface area contributed by atoms with Gasteiger partial charge in [0.15, 0.2) is 4.34 Å². The number of thiazole rings is 1. The van der Waals surface area contributed by atoms with Crippen molar-refractivity contribution in [1.29, 1.82) is 0 Å². The summed E-state index contributed by atoms with van der Waals surface area (Å²) in [7, 11) is 0. The van der Waals surface area contributed by atoms with Gasteiger partial charge in [-0.2, -0.15) is 0 Å². The van der Waals surface area contributed by atoms with Gasteiger partial charge in [-0.1, -0.05) is 19.3 Å². The second-order valence-electron chi connectivity index (χ2n) is 3.49. The van der Waals surface area contributed by atoms with Gasteiger partial charge in [-0.3, -0.25) is 5.14 Å². The highest BCUT2D eigenvalue weighted by atomic mass is 32.2. The van der Waals surface area contributed by atoms with Crippen LogP contribution in [-0.4, -0.2) is 4.98 Å². The predicted molar refractivity (Wildman–Crippen MR) is 58.0 cm³/mol. The SMILES string of the molecule is NSc1nc(C2CCCCC2)cs1. The van der Waals surface area contributed by atoms with Crippen LogP contribution < -0.4 is 5.14 Å². The summed E-state index contributed by atoms with van der Waals surface area (Å²) in [5, 5.41) is 7.63. The van der Waals surface area contributed by atoms with Crippen LogP contribution in [0.25, 0.3) is 0 Å². The van der Waals surface area contributed by atoms with Crippen molar-refractivity contribution in [3.05, 3.63) is 11.1 Å². The molecule has 0 aromatic carbocycles. The van der Waals surface area contributed by atoms with Crippen molar-refractivity contribution >= 4 is 23.3 Å². The maximum atomic E-state index is 5.46. The smallest absolute Gasteiger partial charge is 0.164 e. The van der Waals surface area contributed by atoms with E-state index in [-0.39, 0.29) is 0 Å². The third-order valence-electron chi connectivity index (χ3n) is 2.63. The quantitative estimate of drug-likeness (QED) is 0.769. The summed E-state index contributed by atoms with van der Waals surface area (Å²) in [4.78, 5) is 4.51. The molecule has 0 unspecified atom stereocenters. The first-order valence-corrected chi connectivity index (χ1v) is 6.48. The minimum atomic E-state index is 0.714. The van der Waals surface area contributed by atoms with Crippen molar-refractivity contribution in [2.24, 2.45) is 5.14 Å². The van der Waals surface area contributed by atoms with Crippen molar-refractivity contribution in [1.82, 2.24) is 4.98 Å². The van der Waals surface area contributed by atoms with Crippen molar-refractivity contribution in [2.45, 2.75) is 42.4 Å². The van der Waals surface area contributed by atoms with Crippen LogP contribution in [0.2, 0.25) is 0 Å². The highest BCUT2D eigenvalue weighted by Gasteiger charge is 2.17. The predicted octanol–water partition coefficient (Wildman–Crippen LogP) is 3.16. The second kappa shape index (κ2) is 4.44. The van der Waals surface area contributed by atoms with Crippen LogP contribution >= 0.6 is 23.3 Å². The number of nitrogens with two attached hydrogens (primary N) is 1. The molecule has 0 spiro atoms. The Labute approximate surface area is 87.1 Å². The van der Waals surface area contributed by atoms with Crippen LogP contribution in [0.1, 0.15) is 43.7 Å². The molecule has 0 atom stereocenters. The zero-order chi connectivity index (χ0) is 9.10. The first-order chi connectivity index (χ1) is 6.40. The number of rotatable bonds is 2. The van der Waals surface area contributed by atoms with Crippen molar-refractivity contribution < 1.29 is 0 Å². The average Bonchev–Trinajstić information content (AvgIpc) is 2.67. The summed E-state index contributed by atoms with van der Waals surface area (Å²) >= 11 is 2.93. The summed E-state index contributed by atoms with van der Waals surface area (Å²) in [5.74, 6) is 0.714. The Bertz CT molecular complexity index is 266. The molecule has 72 valence electrons. The summed E-state index contributed by atoms with van der Waals surface area (Å²) in [6.07, 6.45) is 6.77. The monoisotopic (exact) mass is 214 g/mol. The third-order valence-corrected chi connectivity index (χ3v) is 4.15. The number of hydrogen-bond donors (Lipinski definition) is 1. The summed E-state index contributed by atoms with van der Waals surface area (Å²) in [6.45, 7) is 0. The average molecular weight is 214 g/mol. The van der Waals surface area contributed by atoms with Gasteiger partial charge >= 0.3 is 0 Å². The van der Waals surface area contributed by atoms with Gasteiger partial charge in [-0.25, -0.2) is 4.98 Å². The molecule has 13 heavy (non-hydrogen) atoms. The van der Waals surface area contributed by atoms with Crippen LogP contribution in [0.4, 0.5) is 0 Å². The molecule has 1 heterocycles. The topological polar surface area (TPSA) is 38.9 Å². The third kappa shape index (κ3) is 2.24. The summed E-state index contributed by atoms with van der Waals surface area (Å²) in [6, 6.07) is 0. The van der Waals surface area contributed by atoms with E-state index in [1.54, 1.807) is 11.3 Å². The molecule has 1 saturated carbocycles. The van der Waals surface area contributed by atoms with E-state index in [9.17, 15) is 0 Å². The number of nitrogens with zero attached hydrogens (tertiary/aromatic N) is 1. The largest absolute Gasteiger partial charge is 0.272 e. The zero-order valence-corrected chi connectivity index (χ0v) is 9.16. The molecule has 4 heteroatoms. The van der Waals surface area contributed by atoms with Crippen molar-refractivity contribution in [3.63, 3.8) is 0 Å². The van der Waals surface area contributed by atoms with E-state index in [0.29, 0.717) is 5.92 Å². The van der Waals surface area contributed by atoms with Gasteiger partial charge in [0, 0.05) is 11.3 Å². The highest BCUT2D eigenvalue weighted by Crippen LogP contribution is 2.34. The molecule has 0 bridgehead atoms. The van der Waals surface area contributed by atoms with Gasteiger partial charge in [-0.15, -0.1) is 11.3 Å². The first-order valence-electron chi connectivity index (χ1n) is 4.72. The maximum absolute atomic E-state index is 5.46. The van der Waals surface area contributed by atoms with Gasteiger partial charge in [0.05, 0.1) is 5.69 Å². The first kappa shape index (κ1) is 9.49. The lowest BCUT2D eigenvalue weighted by Crippen LogP contribution is -2.04. The molecular formula is C9H14N2S2. The molecule has 1 aliphatic carbocycles. The van der Waals surface area contributed by atoms with E-state index >= 15 is 0 Å². The standard InChI is InChI=1S/C9H14N2S2/c10-13-9-11-8(6-12-9)7-4-2-1-3-5-7/h6-7H,1-5,10H2. The van der Waals surface area contributed by atoms with Gasteiger partial charge < -0.3 is 0 Å². The fraction of sp³-hybridized carbons (Fsp3) is 0.667. The lowest BCUT2D eigenvalue weighted by Gasteiger charge is -2.19. The van der Waals surface area contributed by atoms with E-state index in [1.807, 2.05) is 0 Å². The molecule has 1 aliphatic rings. The molecule has 0 amide bonds. The molecule has 1 aromatic rings. The van der Waals surface area contributed by atoms with Crippen LogP contribution in [-0.2, 0) is 0 Å². The van der Waals surface area contributed by atoms with E-state index in [1.165, 1.54) is 49.7 Å². The molecule has 0 saturated heterocycles. The van der Waals surface area contributed by atoms with E-state index in [4.69, 9.17) is 5.14 Å². The highest BCUT2D eigenvalue weighted by molar-refractivity contribution is 7.98. The molecule has 1 fully saturated rings. The van der Waals surface area contributed by atoms with Crippen molar-refractivity contribution in [2.75, 3.05) is 0 Å². The van der Waals surface area contributed by atoms with Gasteiger partial charge in [0.2, 0.25) is 0 Å². The Kier molecular flexibility index (Phi) is 3.24. The molecule has 0 aliphatic heterocycles. The minimum absolute atomic E-state index is 0.714. The summed E-state index contributed by atoms with van der Waals surface area (Å²) < 4.78 is 1.00. The Balaban J connectivity index is 2.05. The van der Waals surface area contributed by atoms with E-state index in [0.717, 1.165) is 4.34 Å². The molecule has 2 N–H and O–H groups in total. The molecule has 2 rings (SSSR count). The van der Waals surface area contributed by atoms with Crippen LogP contribution in [0, 0.1) is 0 Å². The van der Waals surface area contributed by atoms with Gasteiger partial charge in [0.25, 0.3) is 0 Å². The number of hydrogen-bond acceptors (Lipinski definition) is 4. The second-order valence-corrected chi connectivity index (χ2v) is 5.23. The Morgan fingerprint density at radius 1 is 1.38 bits per heavy atom. The van der Waals surface area contributed by atoms with Crippen LogP contribution in [0.15, 0.2) is 9.72 Å². The lowest BCUT2D eigenvalue weighted by molar-refractivity contribution is 0.437. The Hall–Kier alpha value is -0.0600. The van der Waals surface area contributed by atoms with Gasteiger partial charge in [0.1, 0.15) is 0 Å². The number of aromatic nitrogens is 1. The van der Waals surface area contributed by atoms with Crippen LogP contribution in [0.3, 0.4) is 0 Å². The van der Waals surface area contributed by atoms with Gasteiger partial charge in [-0.05, 0) is 24.8 Å². The lowest BCUT2D eigenvalue weighted by atomic mass is 9.87. The molecule has 0 radical (unpaired) electrons. The Morgan fingerprint density at radius 3 is 2.77 bits per heavy atom. The fourth-order valence-corrected chi connectivity index (χ4v) is 3.06.